The molecule has 0 bridgehead atoms. The third-order valence-electron chi connectivity index (χ3n) is 3.89. The van der Waals surface area contributed by atoms with Crippen molar-refractivity contribution in [2.75, 3.05) is 19.6 Å². The number of likely N-dealkylation sites (tertiary alicyclic amines) is 1. The number of aromatic nitrogens is 1. The monoisotopic (exact) mass is 281 g/mol. The summed E-state index contributed by atoms with van der Waals surface area (Å²) in [6.07, 6.45) is 3.82. The maximum atomic E-state index is 5.82. The molecule has 0 aromatic carbocycles. The Balaban J connectivity index is 1.92. The van der Waals surface area contributed by atoms with Gasteiger partial charge in [0.15, 0.2) is 0 Å². The molecule has 2 rings (SSSR count). The first kappa shape index (κ1) is 14.9. The Hall–Kier alpha value is -0.450. The van der Waals surface area contributed by atoms with Gasteiger partial charge in [0.05, 0.1) is 10.7 Å². The number of hydrogen-bond donors (Lipinski definition) is 1. The molecule has 108 valence electrons. The molecular formula is C15H27N3S. The van der Waals surface area contributed by atoms with E-state index >= 15 is 0 Å². The Kier molecular flexibility index (Phi) is 5.37. The zero-order valence-electron chi connectivity index (χ0n) is 12.5. The van der Waals surface area contributed by atoms with Gasteiger partial charge in [0.25, 0.3) is 0 Å². The van der Waals surface area contributed by atoms with Crippen LogP contribution < -0.4 is 5.73 Å². The van der Waals surface area contributed by atoms with Crippen LogP contribution in [0.2, 0.25) is 0 Å². The molecule has 0 spiro atoms. The van der Waals surface area contributed by atoms with Gasteiger partial charge in [-0.15, -0.1) is 11.3 Å². The van der Waals surface area contributed by atoms with Crippen molar-refractivity contribution in [3.63, 3.8) is 0 Å². The average Bonchev–Trinajstić information content (AvgIpc) is 2.80. The Morgan fingerprint density at radius 1 is 1.47 bits per heavy atom. The van der Waals surface area contributed by atoms with Crippen molar-refractivity contribution in [3.05, 3.63) is 15.6 Å². The van der Waals surface area contributed by atoms with Crippen molar-refractivity contribution in [2.24, 2.45) is 11.7 Å². The number of rotatable bonds is 5. The SMILES string of the molecule is CC1CCCN(CCc2nc(C(C)C)c(CN)s2)C1. The molecule has 0 amide bonds. The largest absolute Gasteiger partial charge is 0.326 e. The van der Waals surface area contributed by atoms with Gasteiger partial charge in [-0.25, -0.2) is 4.98 Å². The highest BCUT2D eigenvalue weighted by molar-refractivity contribution is 7.11. The summed E-state index contributed by atoms with van der Waals surface area (Å²) in [6, 6.07) is 0. The predicted molar refractivity (Wildman–Crippen MR) is 82.6 cm³/mol. The highest BCUT2D eigenvalue weighted by atomic mass is 32.1. The Bertz CT molecular complexity index is 400. The van der Waals surface area contributed by atoms with E-state index in [4.69, 9.17) is 10.7 Å². The van der Waals surface area contributed by atoms with Crippen molar-refractivity contribution in [2.45, 2.75) is 52.5 Å². The van der Waals surface area contributed by atoms with Crippen LogP contribution in [0.1, 0.15) is 55.1 Å². The molecule has 1 unspecified atom stereocenters. The molecule has 19 heavy (non-hydrogen) atoms. The molecule has 0 radical (unpaired) electrons. The van der Waals surface area contributed by atoms with Crippen LogP contribution in [-0.4, -0.2) is 29.5 Å². The van der Waals surface area contributed by atoms with Gasteiger partial charge in [-0.1, -0.05) is 20.8 Å². The van der Waals surface area contributed by atoms with E-state index < -0.39 is 0 Å². The Labute approximate surface area is 121 Å². The summed E-state index contributed by atoms with van der Waals surface area (Å²) in [5, 5.41) is 1.27. The van der Waals surface area contributed by atoms with Crippen LogP contribution in [-0.2, 0) is 13.0 Å². The van der Waals surface area contributed by atoms with Crippen molar-refractivity contribution >= 4 is 11.3 Å². The fourth-order valence-electron chi connectivity index (χ4n) is 2.86. The van der Waals surface area contributed by atoms with Crippen LogP contribution in [0.3, 0.4) is 0 Å². The van der Waals surface area contributed by atoms with Gasteiger partial charge >= 0.3 is 0 Å². The van der Waals surface area contributed by atoms with Crippen LogP contribution in [0.4, 0.5) is 0 Å². The summed E-state index contributed by atoms with van der Waals surface area (Å²) in [7, 11) is 0. The van der Waals surface area contributed by atoms with Crippen LogP contribution in [0.25, 0.3) is 0 Å². The van der Waals surface area contributed by atoms with E-state index in [1.54, 1.807) is 0 Å². The number of piperidine rings is 1. The summed E-state index contributed by atoms with van der Waals surface area (Å²) in [5.74, 6) is 1.34. The van der Waals surface area contributed by atoms with Crippen molar-refractivity contribution in [1.29, 1.82) is 0 Å². The van der Waals surface area contributed by atoms with Gasteiger partial charge in [-0.05, 0) is 31.2 Å². The lowest BCUT2D eigenvalue weighted by Crippen LogP contribution is -2.35. The van der Waals surface area contributed by atoms with Crippen LogP contribution >= 0.6 is 11.3 Å². The van der Waals surface area contributed by atoms with Gasteiger partial charge in [0, 0.05) is 30.9 Å². The third kappa shape index (κ3) is 4.01. The summed E-state index contributed by atoms with van der Waals surface area (Å²) < 4.78 is 0. The molecule has 1 atom stereocenters. The summed E-state index contributed by atoms with van der Waals surface area (Å²) in [5.41, 5.74) is 7.04. The highest BCUT2D eigenvalue weighted by Crippen LogP contribution is 2.25. The molecule has 2 heterocycles. The molecular weight excluding hydrogens is 254 g/mol. The lowest BCUT2D eigenvalue weighted by molar-refractivity contribution is 0.186. The zero-order chi connectivity index (χ0) is 13.8. The van der Waals surface area contributed by atoms with E-state index in [9.17, 15) is 0 Å². The molecule has 2 N–H and O–H groups in total. The summed E-state index contributed by atoms with van der Waals surface area (Å²) >= 11 is 1.81. The fraction of sp³-hybridized carbons (Fsp3) is 0.800. The molecule has 0 saturated carbocycles. The quantitative estimate of drug-likeness (QED) is 0.902. The van der Waals surface area contributed by atoms with Crippen molar-refractivity contribution in [3.8, 4) is 0 Å². The van der Waals surface area contributed by atoms with E-state index in [1.165, 1.54) is 41.5 Å². The van der Waals surface area contributed by atoms with E-state index in [2.05, 4.69) is 25.7 Å². The molecule has 1 aromatic heterocycles. The number of hydrogen-bond acceptors (Lipinski definition) is 4. The Morgan fingerprint density at radius 3 is 2.84 bits per heavy atom. The molecule has 1 aromatic rings. The second-order valence-corrected chi connectivity index (χ2v) is 7.24. The van der Waals surface area contributed by atoms with E-state index in [1.807, 2.05) is 11.3 Å². The lowest BCUT2D eigenvalue weighted by Gasteiger charge is -2.30. The summed E-state index contributed by atoms with van der Waals surface area (Å²) in [4.78, 5) is 8.66. The first-order chi connectivity index (χ1) is 9.10. The van der Waals surface area contributed by atoms with E-state index in [-0.39, 0.29) is 0 Å². The summed E-state index contributed by atoms with van der Waals surface area (Å²) in [6.45, 7) is 11.1. The molecule has 0 aliphatic carbocycles. The van der Waals surface area contributed by atoms with E-state index in [0.717, 1.165) is 18.9 Å². The van der Waals surface area contributed by atoms with Gasteiger partial charge in [0.1, 0.15) is 0 Å². The fourth-order valence-corrected chi connectivity index (χ4v) is 3.95. The number of thiazole rings is 1. The van der Waals surface area contributed by atoms with Gasteiger partial charge in [-0.2, -0.15) is 0 Å². The average molecular weight is 281 g/mol. The molecule has 1 fully saturated rings. The second kappa shape index (κ2) is 6.82. The first-order valence-electron chi connectivity index (χ1n) is 7.51. The minimum absolute atomic E-state index is 0.485. The van der Waals surface area contributed by atoms with Crippen molar-refractivity contribution in [1.82, 2.24) is 9.88 Å². The minimum Gasteiger partial charge on any atom is -0.326 e. The highest BCUT2D eigenvalue weighted by Gasteiger charge is 2.17. The van der Waals surface area contributed by atoms with E-state index in [0.29, 0.717) is 12.5 Å². The van der Waals surface area contributed by atoms with Crippen LogP contribution in [0.5, 0.6) is 0 Å². The molecule has 1 aliphatic rings. The maximum Gasteiger partial charge on any atom is 0.0944 e. The number of nitrogens with zero attached hydrogens (tertiary/aromatic N) is 2. The molecule has 3 nitrogen and oxygen atoms in total. The third-order valence-corrected chi connectivity index (χ3v) is 5.04. The smallest absolute Gasteiger partial charge is 0.0944 e. The zero-order valence-corrected chi connectivity index (χ0v) is 13.3. The Morgan fingerprint density at radius 2 is 2.26 bits per heavy atom. The molecule has 4 heteroatoms. The maximum absolute atomic E-state index is 5.82. The number of nitrogens with two attached hydrogens (primary N) is 1. The first-order valence-corrected chi connectivity index (χ1v) is 8.32. The molecule has 1 saturated heterocycles. The van der Waals surface area contributed by atoms with Crippen LogP contribution in [0, 0.1) is 5.92 Å². The molecule has 1 aliphatic heterocycles. The topological polar surface area (TPSA) is 42.2 Å². The second-order valence-electron chi connectivity index (χ2n) is 6.07. The standard InChI is InChI=1S/C15H27N3S/c1-11(2)15-13(9-16)19-14(17-15)6-8-18-7-4-5-12(3)10-18/h11-12H,4-10,16H2,1-3H3. The van der Waals surface area contributed by atoms with Gasteiger partial charge < -0.3 is 10.6 Å². The van der Waals surface area contributed by atoms with Crippen LogP contribution in [0.15, 0.2) is 0 Å². The normalized spacial score (nSPS) is 21.2. The lowest BCUT2D eigenvalue weighted by atomic mass is 10.0. The van der Waals surface area contributed by atoms with Crippen molar-refractivity contribution < 1.29 is 0 Å². The van der Waals surface area contributed by atoms with Gasteiger partial charge in [-0.3, -0.25) is 0 Å². The van der Waals surface area contributed by atoms with Gasteiger partial charge in [0.2, 0.25) is 0 Å². The predicted octanol–water partition coefficient (Wildman–Crippen LogP) is 3.00. The minimum atomic E-state index is 0.485.